The maximum absolute atomic E-state index is 11.1. The molecule has 0 atom stereocenters. The SMILES string of the molecule is CC(C)OC(=O)/C=C/C(=O)OC(C)(C)C. The Bertz CT molecular complexity index is 258. The van der Waals surface area contributed by atoms with Gasteiger partial charge in [0.1, 0.15) is 5.60 Å². The maximum atomic E-state index is 11.1. The molecule has 0 heterocycles. The normalized spacial score (nSPS) is 11.9. The van der Waals surface area contributed by atoms with Crippen LogP contribution < -0.4 is 0 Å². The second kappa shape index (κ2) is 5.53. The summed E-state index contributed by atoms with van der Waals surface area (Å²) in [6, 6.07) is 0. The summed E-state index contributed by atoms with van der Waals surface area (Å²) >= 11 is 0. The molecule has 0 saturated carbocycles. The summed E-state index contributed by atoms with van der Waals surface area (Å²) in [5.41, 5.74) is -0.552. The van der Waals surface area contributed by atoms with Gasteiger partial charge >= 0.3 is 11.9 Å². The molecule has 0 aromatic rings. The molecule has 0 unspecified atom stereocenters. The molecular weight excluding hydrogens is 196 g/mol. The van der Waals surface area contributed by atoms with Crippen LogP contribution in [-0.2, 0) is 19.1 Å². The molecule has 0 aliphatic rings. The van der Waals surface area contributed by atoms with Crippen LogP contribution in [0.1, 0.15) is 34.6 Å². The molecule has 0 aliphatic carbocycles. The lowest BCUT2D eigenvalue weighted by Gasteiger charge is -2.17. The lowest BCUT2D eigenvalue weighted by molar-refractivity contribution is -0.149. The fraction of sp³-hybridized carbons (Fsp3) is 0.636. The van der Waals surface area contributed by atoms with Crippen LogP contribution >= 0.6 is 0 Å². The molecule has 0 aliphatic heterocycles. The third-order valence-corrected chi connectivity index (χ3v) is 1.11. The van der Waals surface area contributed by atoms with Crippen LogP contribution in [0, 0.1) is 0 Å². The molecule has 0 aromatic carbocycles. The Balaban J connectivity index is 4.07. The summed E-state index contributed by atoms with van der Waals surface area (Å²) < 4.78 is 9.76. The number of hydrogen-bond donors (Lipinski definition) is 0. The highest BCUT2D eigenvalue weighted by Gasteiger charge is 2.14. The summed E-state index contributed by atoms with van der Waals surface area (Å²) in [5, 5.41) is 0. The molecule has 86 valence electrons. The van der Waals surface area contributed by atoms with Gasteiger partial charge in [0.2, 0.25) is 0 Å². The molecule has 0 bridgehead atoms. The van der Waals surface area contributed by atoms with E-state index in [9.17, 15) is 9.59 Å². The quantitative estimate of drug-likeness (QED) is 0.531. The number of esters is 2. The Labute approximate surface area is 90.2 Å². The van der Waals surface area contributed by atoms with Gasteiger partial charge in [-0.3, -0.25) is 0 Å². The van der Waals surface area contributed by atoms with Crippen LogP contribution in [0.5, 0.6) is 0 Å². The molecule has 0 N–H and O–H groups in total. The van der Waals surface area contributed by atoms with Crippen molar-refractivity contribution in [3.8, 4) is 0 Å². The van der Waals surface area contributed by atoms with Crippen LogP contribution in [0.15, 0.2) is 12.2 Å². The zero-order valence-corrected chi connectivity index (χ0v) is 9.87. The van der Waals surface area contributed by atoms with Crippen molar-refractivity contribution in [2.24, 2.45) is 0 Å². The zero-order valence-electron chi connectivity index (χ0n) is 9.87. The van der Waals surface area contributed by atoms with E-state index < -0.39 is 17.5 Å². The van der Waals surface area contributed by atoms with Gasteiger partial charge in [0, 0.05) is 12.2 Å². The van der Waals surface area contributed by atoms with Gasteiger partial charge in [-0.05, 0) is 34.6 Å². The molecule has 0 radical (unpaired) electrons. The molecule has 0 aromatic heterocycles. The Kier molecular flexibility index (Phi) is 5.05. The Morgan fingerprint density at radius 2 is 1.53 bits per heavy atom. The van der Waals surface area contributed by atoms with Crippen LogP contribution in [0.3, 0.4) is 0 Å². The van der Waals surface area contributed by atoms with E-state index in [0.717, 1.165) is 12.2 Å². The minimum Gasteiger partial charge on any atom is -0.460 e. The van der Waals surface area contributed by atoms with Crippen molar-refractivity contribution >= 4 is 11.9 Å². The standard InChI is InChI=1S/C11H18O4/c1-8(2)14-9(12)6-7-10(13)15-11(3,4)5/h6-8H,1-5H3/b7-6+. The van der Waals surface area contributed by atoms with Crippen molar-refractivity contribution in [1.29, 1.82) is 0 Å². The number of rotatable bonds is 3. The molecule has 0 fully saturated rings. The molecule has 0 rings (SSSR count). The Morgan fingerprint density at radius 1 is 1.07 bits per heavy atom. The van der Waals surface area contributed by atoms with E-state index in [1.165, 1.54) is 0 Å². The van der Waals surface area contributed by atoms with Gasteiger partial charge in [0.15, 0.2) is 0 Å². The largest absolute Gasteiger partial charge is 0.460 e. The predicted octanol–water partition coefficient (Wildman–Crippen LogP) is 1.84. The number of carbonyl (C=O) groups is 2. The topological polar surface area (TPSA) is 52.6 Å². The number of carbonyl (C=O) groups excluding carboxylic acids is 2. The lowest BCUT2D eigenvalue weighted by atomic mass is 10.2. The zero-order chi connectivity index (χ0) is 12.1. The average molecular weight is 214 g/mol. The minimum atomic E-state index is -0.553. The molecule has 0 spiro atoms. The smallest absolute Gasteiger partial charge is 0.331 e. The first-order chi connectivity index (χ1) is 6.70. The second-order valence-electron chi connectivity index (χ2n) is 4.35. The van der Waals surface area contributed by atoms with Crippen LogP contribution in [0.2, 0.25) is 0 Å². The third kappa shape index (κ3) is 9.00. The van der Waals surface area contributed by atoms with Crippen molar-refractivity contribution < 1.29 is 19.1 Å². The summed E-state index contributed by atoms with van der Waals surface area (Å²) in [6.07, 6.45) is 1.94. The van der Waals surface area contributed by atoms with Crippen molar-refractivity contribution in [1.82, 2.24) is 0 Å². The molecule has 0 amide bonds. The first-order valence-corrected chi connectivity index (χ1v) is 4.82. The monoisotopic (exact) mass is 214 g/mol. The van der Waals surface area contributed by atoms with Crippen molar-refractivity contribution in [3.63, 3.8) is 0 Å². The Morgan fingerprint density at radius 3 is 1.93 bits per heavy atom. The summed E-state index contributed by atoms with van der Waals surface area (Å²) in [4.78, 5) is 22.1. The van der Waals surface area contributed by atoms with Gasteiger partial charge < -0.3 is 9.47 Å². The molecular formula is C11H18O4. The van der Waals surface area contributed by atoms with Gasteiger partial charge in [0.05, 0.1) is 6.10 Å². The first-order valence-electron chi connectivity index (χ1n) is 4.82. The van der Waals surface area contributed by atoms with Crippen LogP contribution in [-0.4, -0.2) is 23.6 Å². The maximum Gasteiger partial charge on any atom is 0.331 e. The van der Waals surface area contributed by atoms with E-state index in [2.05, 4.69) is 0 Å². The van der Waals surface area contributed by atoms with Gasteiger partial charge in [-0.15, -0.1) is 0 Å². The van der Waals surface area contributed by atoms with E-state index in [1.807, 2.05) is 0 Å². The summed E-state index contributed by atoms with van der Waals surface area (Å²) in [6.45, 7) is 8.74. The highest BCUT2D eigenvalue weighted by atomic mass is 16.6. The molecule has 15 heavy (non-hydrogen) atoms. The van der Waals surface area contributed by atoms with Crippen LogP contribution in [0.4, 0.5) is 0 Å². The van der Waals surface area contributed by atoms with Crippen molar-refractivity contribution in [3.05, 3.63) is 12.2 Å². The van der Waals surface area contributed by atoms with Crippen molar-refractivity contribution in [2.45, 2.75) is 46.3 Å². The fourth-order valence-corrected chi connectivity index (χ4v) is 0.743. The molecule has 4 nitrogen and oxygen atoms in total. The highest BCUT2D eigenvalue weighted by Crippen LogP contribution is 2.07. The Hall–Kier alpha value is -1.32. The van der Waals surface area contributed by atoms with Crippen LogP contribution in [0.25, 0.3) is 0 Å². The minimum absolute atomic E-state index is 0.194. The second-order valence-corrected chi connectivity index (χ2v) is 4.35. The molecule has 4 heteroatoms. The van der Waals surface area contributed by atoms with Gasteiger partial charge in [0.25, 0.3) is 0 Å². The first kappa shape index (κ1) is 13.7. The lowest BCUT2D eigenvalue weighted by Crippen LogP contribution is -2.22. The van der Waals surface area contributed by atoms with Crippen molar-refractivity contribution in [2.75, 3.05) is 0 Å². The summed E-state index contributed by atoms with van der Waals surface area (Å²) in [5.74, 6) is -1.10. The number of ether oxygens (including phenoxy) is 2. The van der Waals surface area contributed by atoms with E-state index in [-0.39, 0.29) is 6.10 Å². The van der Waals surface area contributed by atoms with E-state index in [4.69, 9.17) is 9.47 Å². The summed E-state index contributed by atoms with van der Waals surface area (Å²) in [7, 11) is 0. The average Bonchev–Trinajstić information content (AvgIpc) is 1.96. The predicted molar refractivity (Wildman–Crippen MR) is 56.2 cm³/mol. The van der Waals surface area contributed by atoms with E-state index >= 15 is 0 Å². The van der Waals surface area contributed by atoms with E-state index in [0.29, 0.717) is 0 Å². The van der Waals surface area contributed by atoms with Gasteiger partial charge in [-0.1, -0.05) is 0 Å². The highest BCUT2D eigenvalue weighted by molar-refractivity contribution is 5.91. The van der Waals surface area contributed by atoms with E-state index in [1.54, 1.807) is 34.6 Å². The molecule has 0 saturated heterocycles. The third-order valence-electron chi connectivity index (χ3n) is 1.11. The number of hydrogen-bond acceptors (Lipinski definition) is 4. The fourth-order valence-electron chi connectivity index (χ4n) is 0.743. The van der Waals surface area contributed by atoms with Gasteiger partial charge in [-0.2, -0.15) is 0 Å². The van der Waals surface area contributed by atoms with Gasteiger partial charge in [-0.25, -0.2) is 9.59 Å².